The maximum Gasteiger partial charge on any atom is 0.260 e. The summed E-state index contributed by atoms with van der Waals surface area (Å²) in [6.45, 7) is 0.734. The summed E-state index contributed by atoms with van der Waals surface area (Å²) in [6, 6.07) is 13.2. The SMILES string of the molecule is CN(CCc1ccccn1)c1nc2ccccc2c(=O)[nH]1. The Balaban J connectivity index is 1.81. The summed E-state index contributed by atoms with van der Waals surface area (Å²) >= 11 is 0. The van der Waals surface area contributed by atoms with Gasteiger partial charge in [0.2, 0.25) is 5.95 Å². The Morgan fingerprint density at radius 2 is 1.95 bits per heavy atom. The lowest BCUT2D eigenvalue weighted by atomic mass is 10.2. The van der Waals surface area contributed by atoms with Crippen molar-refractivity contribution in [3.63, 3.8) is 0 Å². The van der Waals surface area contributed by atoms with Crippen molar-refractivity contribution in [2.75, 3.05) is 18.5 Å². The molecule has 5 heteroatoms. The minimum absolute atomic E-state index is 0.111. The van der Waals surface area contributed by atoms with Crippen LogP contribution in [0, 0.1) is 0 Å². The first kappa shape index (κ1) is 13.3. The van der Waals surface area contributed by atoms with E-state index >= 15 is 0 Å². The number of hydrogen-bond acceptors (Lipinski definition) is 4. The topological polar surface area (TPSA) is 61.9 Å². The van der Waals surface area contributed by atoms with E-state index in [1.807, 2.05) is 48.3 Å². The molecule has 0 aliphatic heterocycles. The van der Waals surface area contributed by atoms with Gasteiger partial charge < -0.3 is 4.90 Å². The first-order valence-electron chi connectivity index (χ1n) is 6.84. The van der Waals surface area contributed by atoms with Gasteiger partial charge in [0.1, 0.15) is 0 Å². The van der Waals surface area contributed by atoms with E-state index in [1.165, 1.54) is 0 Å². The third kappa shape index (κ3) is 2.91. The highest BCUT2D eigenvalue weighted by Gasteiger charge is 2.07. The van der Waals surface area contributed by atoms with Crippen molar-refractivity contribution in [2.45, 2.75) is 6.42 Å². The highest BCUT2D eigenvalue weighted by Crippen LogP contribution is 2.10. The van der Waals surface area contributed by atoms with Crippen LogP contribution in [0.1, 0.15) is 5.69 Å². The first-order chi connectivity index (χ1) is 10.2. The van der Waals surface area contributed by atoms with Crippen LogP contribution in [0.4, 0.5) is 5.95 Å². The number of nitrogens with zero attached hydrogens (tertiary/aromatic N) is 3. The van der Waals surface area contributed by atoms with E-state index in [-0.39, 0.29) is 5.56 Å². The van der Waals surface area contributed by atoms with Gasteiger partial charge in [0.15, 0.2) is 0 Å². The van der Waals surface area contributed by atoms with Gasteiger partial charge in [-0.3, -0.25) is 14.8 Å². The Morgan fingerprint density at radius 1 is 1.14 bits per heavy atom. The molecule has 0 radical (unpaired) electrons. The molecule has 3 rings (SSSR count). The molecule has 0 spiro atoms. The molecule has 2 heterocycles. The monoisotopic (exact) mass is 280 g/mol. The second-order valence-corrected chi connectivity index (χ2v) is 4.90. The van der Waals surface area contributed by atoms with E-state index in [4.69, 9.17) is 0 Å². The number of pyridine rings is 1. The lowest BCUT2D eigenvalue weighted by Gasteiger charge is -2.17. The van der Waals surface area contributed by atoms with Crippen molar-refractivity contribution in [3.8, 4) is 0 Å². The quantitative estimate of drug-likeness (QED) is 0.794. The second kappa shape index (κ2) is 5.75. The van der Waals surface area contributed by atoms with Crippen molar-refractivity contribution >= 4 is 16.9 Å². The van der Waals surface area contributed by atoms with Gasteiger partial charge in [-0.2, -0.15) is 0 Å². The standard InChI is InChI=1S/C16H16N4O/c1-20(11-9-12-6-4-5-10-17-12)16-18-14-8-3-2-7-13(14)15(21)19-16/h2-8,10H,9,11H2,1H3,(H,18,19,21). The Morgan fingerprint density at radius 3 is 2.76 bits per heavy atom. The van der Waals surface area contributed by atoms with Crippen LogP contribution in [0.25, 0.3) is 10.9 Å². The van der Waals surface area contributed by atoms with Crippen LogP contribution in [0.3, 0.4) is 0 Å². The molecule has 0 saturated heterocycles. The zero-order chi connectivity index (χ0) is 14.7. The zero-order valence-corrected chi connectivity index (χ0v) is 11.8. The van der Waals surface area contributed by atoms with Crippen LogP contribution in [0.15, 0.2) is 53.5 Å². The average Bonchev–Trinajstić information content (AvgIpc) is 2.53. The number of hydrogen-bond donors (Lipinski definition) is 1. The summed E-state index contributed by atoms with van der Waals surface area (Å²) in [5, 5.41) is 0.611. The third-order valence-corrected chi connectivity index (χ3v) is 3.39. The van der Waals surface area contributed by atoms with Crippen LogP contribution in [-0.2, 0) is 6.42 Å². The van der Waals surface area contributed by atoms with Gasteiger partial charge in [0.05, 0.1) is 10.9 Å². The number of fused-ring (bicyclic) bond motifs is 1. The fraction of sp³-hybridized carbons (Fsp3) is 0.188. The molecule has 0 bridgehead atoms. The maximum atomic E-state index is 12.0. The molecule has 5 nitrogen and oxygen atoms in total. The van der Waals surface area contributed by atoms with Crippen molar-refractivity contribution in [1.29, 1.82) is 0 Å². The van der Waals surface area contributed by atoms with Gasteiger partial charge in [-0.15, -0.1) is 0 Å². The molecule has 0 aliphatic rings. The fourth-order valence-corrected chi connectivity index (χ4v) is 2.19. The molecule has 3 aromatic rings. The van der Waals surface area contributed by atoms with Gasteiger partial charge in [-0.05, 0) is 24.3 Å². The van der Waals surface area contributed by atoms with Gasteiger partial charge in [-0.25, -0.2) is 4.98 Å². The number of anilines is 1. The number of nitrogens with one attached hydrogen (secondary N) is 1. The van der Waals surface area contributed by atoms with Gasteiger partial charge in [0.25, 0.3) is 5.56 Å². The van der Waals surface area contributed by atoms with Crippen molar-refractivity contribution in [3.05, 3.63) is 64.7 Å². The van der Waals surface area contributed by atoms with Gasteiger partial charge >= 0.3 is 0 Å². The molecule has 0 atom stereocenters. The normalized spacial score (nSPS) is 10.7. The number of aromatic amines is 1. The third-order valence-electron chi connectivity index (χ3n) is 3.39. The molecule has 0 aliphatic carbocycles. The van der Waals surface area contributed by atoms with E-state index < -0.39 is 0 Å². The molecule has 0 saturated carbocycles. The Kier molecular flexibility index (Phi) is 3.64. The number of aromatic nitrogens is 3. The number of benzene rings is 1. The lowest BCUT2D eigenvalue weighted by molar-refractivity contribution is 0.822. The van der Waals surface area contributed by atoms with E-state index in [0.29, 0.717) is 16.9 Å². The summed E-state index contributed by atoms with van der Waals surface area (Å²) in [4.78, 5) is 25.6. The predicted molar refractivity (Wildman–Crippen MR) is 83.6 cm³/mol. The summed E-state index contributed by atoms with van der Waals surface area (Å²) in [6.07, 6.45) is 2.58. The smallest absolute Gasteiger partial charge is 0.260 e. The van der Waals surface area contributed by atoms with Crippen LogP contribution < -0.4 is 10.5 Å². The average molecular weight is 280 g/mol. The van der Waals surface area contributed by atoms with E-state index in [2.05, 4.69) is 15.0 Å². The molecule has 2 aromatic heterocycles. The van der Waals surface area contributed by atoms with Crippen LogP contribution in [0.2, 0.25) is 0 Å². The predicted octanol–water partition coefficient (Wildman–Crippen LogP) is 2.00. The van der Waals surface area contributed by atoms with Crippen molar-refractivity contribution in [1.82, 2.24) is 15.0 Å². The van der Waals surface area contributed by atoms with Crippen LogP contribution >= 0.6 is 0 Å². The maximum absolute atomic E-state index is 12.0. The Bertz CT molecular complexity index is 798. The number of likely N-dealkylation sites (N-methyl/N-ethyl adjacent to an activating group) is 1. The largest absolute Gasteiger partial charge is 0.345 e. The molecular weight excluding hydrogens is 264 g/mol. The second-order valence-electron chi connectivity index (χ2n) is 4.90. The fourth-order valence-electron chi connectivity index (χ4n) is 2.19. The molecule has 21 heavy (non-hydrogen) atoms. The molecule has 106 valence electrons. The Hall–Kier alpha value is -2.69. The first-order valence-corrected chi connectivity index (χ1v) is 6.84. The summed E-state index contributed by atoms with van der Waals surface area (Å²) in [5.74, 6) is 0.578. The molecule has 0 amide bonds. The minimum Gasteiger partial charge on any atom is -0.345 e. The summed E-state index contributed by atoms with van der Waals surface area (Å²) in [7, 11) is 1.91. The molecular formula is C16H16N4O. The van der Waals surface area contributed by atoms with Crippen molar-refractivity contribution in [2.24, 2.45) is 0 Å². The lowest BCUT2D eigenvalue weighted by Crippen LogP contribution is -2.25. The van der Waals surface area contributed by atoms with E-state index in [0.717, 1.165) is 18.7 Å². The van der Waals surface area contributed by atoms with E-state index in [1.54, 1.807) is 12.3 Å². The van der Waals surface area contributed by atoms with E-state index in [9.17, 15) is 4.79 Å². The van der Waals surface area contributed by atoms with Crippen LogP contribution in [-0.4, -0.2) is 28.5 Å². The molecule has 0 unspecified atom stereocenters. The van der Waals surface area contributed by atoms with Crippen molar-refractivity contribution < 1.29 is 0 Å². The highest BCUT2D eigenvalue weighted by atomic mass is 16.1. The number of H-pyrrole nitrogens is 1. The molecule has 1 N–H and O–H groups in total. The number of para-hydroxylation sites is 1. The molecule has 0 fully saturated rings. The number of rotatable bonds is 4. The zero-order valence-electron chi connectivity index (χ0n) is 11.8. The highest BCUT2D eigenvalue weighted by molar-refractivity contribution is 5.78. The summed E-state index contributed by atoms with van der Waals surface area (Å²) in [5.41, 5.74) is 1.62. The van der Waals surface area contributed by atoms with Gasteiger partial charge in [0, 0.05) is 31.9 Å². The van der Waals surface area contributed by atoms with Crippen LogP contribution in [0.5, 0.6) is 0 Å². The minimum atomic E-state index is -0.111. The Labute approximate surface area is 122 Å². The summed E-state index contributed by atoms with van der Waals surface area (Å²) < 4.78 is 0. The molecule has 1 aromatic carbocycles. The van der Waals surface area contributed by atoms with Gasteiger partial charge in [-0.1, -0.05) is 18.2 Å².